The van der Waals surface area contributed by atoms with E-state index in [9.17, 15) is 24.0 Å². The van der Waals surface area contributed by atoms with Gasteiger partial charge >= 0.3 is 11.9 Å². The van der Waals surface area contributed by atoms with Crippen molar-refractivity contribution in [2.75, 3.05) is 70.4 Å². The van der Waals surface area contributed by atoms with Crippen LogP contribution in [0.3, 0.4) is 0 Å². The first-order valence-electron chi connectivity index (χ1n) is 17.9. The van der Waals surface area contributed by atoms with E-state index in [-0.39, 0.29) is 49.8 Å². The second kappa shape index (κ2) is 17.5. The number of thiophene rings is 1. The van der Waals surface area contributed by atoms with Gasteiger partial charge in [0.1, 0.15) is 5.75 Å². The Morgan fingerprint density at radius 2 is 1.48 bits per heavy atom. The first-order chi connectivity index (χ1) is 25.2. The quantitative estimate of drug-likeness (QED) is 0.141. The third-order valence-electron chi connectivity index (χ3n) is 9.72. The summed E-state index contributed by atoms with van der Waals surface area (Å²) >= 11 is 1.78. The summed E-state index contributed by atoms with van der Waals surface area (Å²) in [5.41, 5.74) is 1.59. The first kappa shape index (κ1) is 36.8. The van der Waals surface area contributed by atoms with Crippen molar-refractivity contribution in [1.29, 1.82) is 0 Å². The summed E-state index contributed by atoms with van der Waals surface area (Å²) < 4.78 is 14.2. The average Bonchev–Trinajstić information content (AvgIpc) is 3.65. The lowest BCUT2D eigenvalue weighted by atomic mass is 10.2. The van der Waals surface area contributed by atoms with Crippen LogP contribution in [0, 0.1) is 0 Å². The molecular weight excluding hydrogens is 687 g/mol. The van der Waals surface area contributed by atoms with Crippen molar-refractivity contribution >= 4 is 61.8 Å². The number of amides is 2. The third-order valence-corrected chi connectivity index (χ3v) is 10.6. The fourth-order valence-corrected chi connectivity index (χ4v) is 7.55. The number of benzene rings is 2. The van der Waals surface area contributed by atoms with Crippen LogP contribution in [0.4, 0.5) is 5.69 Å². The van der Waals surface area contributed by atoms with E-state index in [0.29, 0.717) is 44.1 Å². The molecule has 1 N–H and O–H groups in total. The highest BCUT2D eigenvalue weighted by molar-refractivity contribution is 7.17. The number of aromatic nitrogens is 1. The van der Waals surface area contributed by atoms with Crippen LogP contribution in [0.1, 0.15) is 38.5 Å². The van der Waals surface area contributed by atoms with E-state index in [1.54, 1.807) is 33.3 Å². The molecular formula is C38H45N5O8S. The molecule has 2 aromatic heterocycles. The van der Waals surface area contributed by atoms with Crippen LogP contribution in [0.25, 0.3) is 21.0 Å². The highest BCUT2D eigenvalue weighted by atomic mass is 32.1. The number of anilines is 1. The normalized spacial score (nSPS) is 15.3. The fraction of sp³-hybridized carbons (Fsp3) is 0.447. The summed E-state index contributed by atoms with van der Waals surface area (Å²) in [7, 11) is 0. The Balaban J connectivity index is 0.907. The molecule has 0 aliphatic carbocycles. The lowest BCUT2D eigenvalue weighted by Crippen LogP contribution is -2.50. The molecule has 4 aromatic rings. The van der Waals surface area contributed by atoms with Gasteiger partial charge in [-0.05, 0) is 66.6 Å². The second-order valence-electron chi connectivity index (χ2n) is 13.1. The standard InChI is InChI=1S/C38H45N5O8S/c44-34(10-12-37(47)48)41-20-22-42(23-21-41)35(45)11-13-38(49)51-27-43-32-26-29(8-6-28(32)7-9-36(43)46)50-24-2-1-15-39-16-18-40(19-17-39)31-4-3-5-33-30(31)14-25-52-33/h3-9,14,25-26H,1-2,10-13,15-24,27H2,(H,47,48). The number of ether oxygens (including phenoxy) is 2. The zero-order valence-corrected chi connectivity index (χ0v) is 30.1. The highest BCUT2D eigenvalue weighted by Gasteiger charge is 2.25. The summed E-state index contributed by atoms with van der Waals surface area (Å²) in [5, 5.41) is 13.1. The van der Waals surface area contributed by atoms with Crippen LogP contribution >= 0.6 is 11.3 Å². The van der Waals surface area contributed by atoms with Crippen molar-refractivity contribution in [2.45, 2.75) is 45.3 Å². The molecule has 13 nitrogen and oxygen atoms in total. The SMILES string of the molecule is O=C(O)CCC(=O)N1CCN(C(=O)CCC(=O)OCn2c(=O)ccc3ccc(OCCCCN4CCN(c5cccc6sccc56)CC4)cc32)CC1. The summed E-state index contributed by atoms with van der Waals surface area (Å²) in [5.74, 6) is -1.49. The molecule has 2 aliphatic heterocycles. The maximum absolute atomic E-state index is 12.8. The van der Waals surface area contributed by atoms with Gasteiger partial charge in [-0.3, -0.25) is 33.4 Å². The summed E-state index contributed by atoms with van der Waals surface area (Å²) in [4.78, 5) is 69.1. The maximum Gasteiger partial charge on any atom is 0.308 e. The van der Waals surface area contributed by atoms with Crippen LogP contribution in [0.15, 0.2) is 64.8 Å². The Morgan fingerprint density at radius 1 is 0.769 bits per heavy atom. The number of carbonyl (C=O) groups is 4. The average molecular weight is 732 g/mol. The predicted octanol–water partition coefficient (Wildman–Crippen LogP) is 4.01. The number of aliphatic carboxylic acids is 1. The molecule has 2 aliphatic rings. The van der Waals surface area contributed by atoms with Crippen LogP contribution in [-0.2, 0) is 30.6 Å². The predicted molar refractivity (Wildman–Crippen MR) is 199 cm³/mol. The number of rotatable bonds is 15. The zero-order chi connectivity index (χ0) is 36.5. The highest BCUT2D eigenvalue weighted by Crippen LogP contribution is 2.31. The summed E-state index contributed by atoms with van der Waals surface area (Å²) in [6.07, 6.45) is 1.40. The summed E-state index contributed by atoms with van der Waals surface area (Å²) in [6, 6.07) is 17.4. The van der Waals surface area contributed by atoms with Crippen molar-refractivity contribution < 1.29 is 33.8 Å². The Morgan fingerprint density at radius 3 is 2.21 bits per heavy atom. The maximum atomic E-state index is 12.8. The van der Waals surface area contributed by atoms with Crippen LogP contribution in [0.2, 0.25) is 0 Å². The van der Waals surface area contributed by atoms with Gasteiger partial charge in [0.15, 0.2) is 6.73 Å². The molecule has 0 atom stereocenters. The van der Waals surface area contributed by atoms with Gasteiger partial charge in [-0.25, -0.2) is 0 Å². The van der Waals surface area contributed by atoms with E-state index < -0.39 is 11.9 Å². The van der Waals surface area contributed by atoms with Gasteiger partial charge in [-0.2, -0.15) is 0 Å². The first-order valence-corrected chi connectivity index (χ1v) is 18.8. The Bertz CT molecular complexity index is 1940. The molecule has 276 valence electrons. The van der Waals surface area contributed by atoms with Crippen LogP contribution in [0.5, 0.6) is 5.75 Å². The molecule has 0 spiro atoms. The monoisotopic (exact) mass is 731 g/mol. The van der Waals surface area contributed by atoms with Crippen molar-refractivity contribution in [1.82, 2.24) is 19.3 Å². The van der Waals surface area contributed by atoms with E-state index in [1.165, 1.54) is 26.4 Å². The van der Waals surface area contributed by atoms with Crippen LogP contribution < -0.4 is 15.2 Å². The van der Waals surface area contributed by atoms with E-state index in [0.717, 1.165) is 51.0 Å². The molecule has 0 radical (unpaired) electrons. The Kier molecular flexibility index (Phi) is 12.4. The fourth-order valence-electron chi connectivity index (χ4n) is 6.74. The molecule has 2 aromatic carbocycles. The van der Waals surface area contributed by atoms with E-state index >= 15 is 0 Å². The number of piperazine rings is 2. The minimum absolute atomic E-state index is 0.0587. The number of carbonyl (C=O) groups excluding carboxylic acids is 3. The minimum atomic E-state index is -1.03. The Hall–Kier alpha value is -4.95. The van der Waals surface area contributed by atoms with Gasteiger partial charge in [-0.1, -0.05) is 6.07 Å². The number of unbranched alkanes of at least 4 members (excludes halogenated alkanes) is 1. The zero-order valence-electron chi connectivity index (χ0n) is 29.2. The van der Waals surface area contributed by atoms with Gasteiger partial charge in [0.05, 0.1) is 25.0 Å². The number of pyridine rings is 1. The molecule has 0 unspecified atom stereocenters. The van der Waals surface area contributed by atoms with Gasteiger partial charge < -0.3 is 29.3 Å². The van der Waals surface area contributed by atoms with Gasteiger partial charge in [-0.15, -0.1) is 11.3 Å². The number of carboxylic acid groups (broad SMARTS) is 1. The molecule has 2 saturated heterocycles. The molecule has 52 heavy (non-hydrogen) atoms. The van der Waals surface area contributed by atoms with Crippen molar-refractivity contribution in [3.63, 3.8) is 0 Å². The van der Waals surface area contributed by atoms with Gasteiger partial charge in [0.2, 0.25) is 11.8 Å². The lowest BCUT2D eigenvalue weighted by molar-refractivity contribution is -0.150. The van der Waals surface area contributed by atoms with Gasteiger partial charge in [0.25, 0.3) is 5.56 Å². The Labute approximate surface area is 305 Å². The minimum Gasteiger partial charge on any atom is -0.494 e. The van der Waals surface area contributed by atoms with Crippen molar-refractivity contribution in [3.8, 4) is 5.75 Å². The van der Waals surface area contributed by atoms with Crippen LogP contribution in [-0.4, -0.2) is 114 Å². The molecule has 14 heteroatoms. The topological polar surface area (TPSA) is 142 Å². The van der Waals surface area contributed by atoms with E-state index in [1.807, 2.05) is 12.1 Å². The molecule has 6 rings (SSSR count). The second-order valence-corrected chi connectivity index (χ2v) is 14.1. The smallest absolute Gasteiger partial charge is 0.308 e. The lowest BCUT2D eigenvalue weighted by Gasteiger charge is -2.36. The number of hydrogen-bond acceptors (Lipinski definition) is 10. The van der Waals surface area contributed by atoms with Crippen molar-refractivity contribution in [3.05, 3.63) is 70.3 Å². The molecule has 4 heterocycles. The molecule has 0 saturated carbocycles. The van der Waals surface area contributed by atoms with E-state index in [4.69, 9.17) is 14.6 Å². The number of nitrogens with zero attached hydrogens (tertiary/aromatic N) is 5. The van der Waals surface area contributed by atoms with E-state index in [2.05, 4.69) is 39.4 Å². The molecule has 0 bridgehead atoms. The number of fused-ring (bicyclic) bond motifs is 2. The van der Waals surface area contributed by atoms with Crippen molar-refractivity contribution in [2.24, 2.45) is 0 Å². The number of carboxylic acids is 1. The molecule has 2 fully saturated rings. The largest absolute Gasteiger partial charge is 0.494 e. The number of hydrogen-bond donors (Lipinski definition) is 1. The summed E-state index contributed by atoms with van der Waals surface area (Å²) in [6.45, 7) is 6.62. The third kappa shape index (κ3) is 9.48. The number of esters is 1. The van der Waals surface area contributed by atoms with Gasteiger partial charge in [0, 0.05) is 93.1 Å². The molecule has 2 amide bonds.